The summed E-state index contributed by atoms with van der Waals surface area (Å²) in [6.07, 6.45) is 5.02. The molecule has 1 nitrogen and oxygen atoms in total. The highest BCUT2D eigenvalue weighted by Gasteiger charge is 2.27. The molecule has 2 unspecified atom stereocenters. The van der Waals surface area contributed by atoms with Crippen molar-refractivity contribution in [1.29, 1.82) is 0 Å². The minimum Gasteiger partial charge on any atom is -0.319 e. The summed E-state index contributed by atoms with van der Waals surface area (Å²) in [6, 6.07) is 5.04. The van der Waals surface area contributed by atoms with E-state index >= 15 is 0 Å². The van der Waals surface area contributed by atoms with E-state index in [1.807, 2.05) is 13.1 Å². The molecule has 17 heavy (non-hydrogen) atoms. The van der Waals surface area contributed by atoms with E-state index in [1.165, 1.54) is 24.8 Å². The maximum atomic E-state index is 13.0. The number of hydrogen-bond acceptors (Lipinski definition) is 1. The van der Waals surface area contributed by atoms with Gasteiger partial charge in [0.25, 0.3) is 0 Å². The van der Waals surface area contributed by atoms with E-state index in [4.69, 9.17) is 0 Å². The lowest BCUT2D eigenvalue weighted by Gasteiger charge is -2.19. The number of rotatable bonds is 4. The van der Waals surface area contributed by atoms with Gasteiger partial charge >= 0.3 is 0 Å². The first kappa shape index (κ1) is 13.0. The molecule has 2 rings (SSSR count). The molecule has 0 bridgehead atoms. The Balaban J connectivity index is 2.04. The maximum Gasteiger partial charge on any atom is 0.124 e. The van der Waals surface area contributed by atoms with Crippen molar-refractivity contribution in [2.45, 2.75) is 25.7 Å². The molecule has 0 heterocycles. The smallest absolute Gasteiger partial charge is 0.124 e. The lowest BCUT2D eigenvalue weighted by atomic mass is 9.89. The van der Waals surface area contributed by atoms with Gasteiger partial charge in [0, 0.05) is 4.47 Å². The van der Waals surface area contributed by atoms with Crippen molar-refractivity contribution in [3.05, 3.63) is 34.1 Å². The van der Waals surface area contributed by atoms with Crippen molar-refractivity contribution in [2.24, 2.45) is 11.8 Å². The lowest BCUT2D eigenvalue weighted by Crippen LogP contribution is -2.23. The molecule has 1 fully saturated rings. The standard InChI is InChI=1S/C14H19BrFN/c1-17-9-12-4-2-3-10(12)7-11-5-6-13(16)8-14(11)15/h5-6,8,10,12,17H,2-4,7,9H2,1H3. The SMILES string of the molecule is CNCC1CCCC1Cc1ccc(F)cc1Br. The van der Waals surface area contributed by atoms with Crippen molar-refractivity contribution in [2.75, 3.05) is 13.6 Å². The molecular formula is C14H19BrFN. The molecule has 0 spiro atoms. The van der Waals surface area contributed by atoms with E-state index in [1.54, 1.807) is 12.1 Å². The van der Waals surface area contributed by atoms with Gasteiger partial charge in [0.05, 0.1) is 0 Å². The molecule has 1 aromatic carbocycles. The van der Waals surface area contributed by atoms with Crippen LogP contribution in [-0.2, 0) is 6.42 Å². The maximum absolute atomic E-state index is 13.0. The second-order valence-electron chi connectivity index (χ2n) is 4.95. The van der Waals surface area contributed by atoms with Crippen LogP contribution in [0.25, 0.3) is 0 Å². The average Bonchev–Trinajstić information content (AvgIpc) is 2.71. The Bertz CT molecular complexity index is 380. The predicted molar refractivity (Wildman–Crippen MR) is 72.6 cm³/mol. The van der Waals surface area contributed by atoms with Gasteiger partial charge in [-0.3, -0.25) is 0 Å². The third kappa shape index (κ3) is 3.29. The highest BCUT2D eigenvalue weighted by atomic mass is 79.9. The molecule has 1 aliphatic rings. The fourth-order valence-electron chi connectivity index (χ4n) is 2.88. The molecule has 1 aliphatic carbocycles. The van der Waals surface area contributed by atoms with Gasteiger partial charge in [0.15, 0.2) is 0 Å². The van der Waals surface area contributed by atoms with Gasteiger partial charge in [0.2, 0.25) is 0 Å². The van der Waals surface area contributed by atoms with Crippen LogP contribution in [0.5, 0.6) is 0 Å². The van der Waals surface area contributed by atoms with E-state index in [0.717, 1.165) is 29.3 Å². The summed E-state index contributed by atoms with van der Waals surface area (Å²) in [5.74, 6) is 1.35. The van der Waals surface area contributed by atoms with Gasteiger partial charge in [-0.2, -0.15) is 0 Å². The molecule has 3 heteroatoms. The monoisotopic (exact) mass is 299 g/mol. The first-order valence-electron chi connectivity index (χ1n) is 6.29. The summed E-state index contributed by atoms with van der Waals surface area (Å²) in [4.78, 5) is 0. The minimum absolute atomic E-state index is 0.168. The van der Waals surface area contributed by atoms with Crippen molar-refractivity contribution < 1.29 is 4.39 Å². The topological polar surface area (TPSA) is 12.0 Å². The molecule has 1 aromatic rings. The average molecular weight is 300 g/mol. The Kier molecular flexibility index (Phi) is 4.57. The van der Waals surface area contributed by atoms with Crippen molar-refractivity contribution in [3.63, 3.8) is 0 Å². The van der Waals surface area contributed by atoms with Gasteiger partial charge in [-0.25, -0.2) is 4.39 Å². The molecular weight excluding hydrogens is 281 g/mol. The fraction of sp³-hybridized carbons (Fsp3) is 0.571. The Hall–Kier alpha value is -0.410. The molecule has 0 radical (unpaired) electrons. The van der Waals surface area contributed by atoms with Crippen LogP contribution >= 0.6 is 15.9 Å². The quantitative estimate of drug-likeness (QED) is 0.892. The zero-order valence-electron chi connectivity index (χ0n) is 10.2. The van der Waals surface area contributed by atoms with Gasteiger partial charge in [0.1, 0.15) is 5.82 Å². The molecule has 0 saturated heterocycles. The van der Waals surface area contributed by atoms with Gasteiger partial charge in [-0.15, -0.1) is 0 Å². The first-order valence-corrected chi connectivity index (χ1v) is 7.08. The van der Waals surface area contributed by atoms with Crippen molar-refractivity contribution >= 4 is 15.9 Å². The van der Waals surface area contributed by atoms with Crippen molar-refractivity contribution in [3.8, 4) is 0 Å². The van der Waals surface area contributed by atoms with Crippen LogP contribution in [0.2, 0.25) is 0 Å². The summed E-state index contributed by atoms with van der Waals surface area (Å²) < 4.78 is 13.9. The summed E-state index contributed by atoms with van der Waals surface area (Å²) >= 11 is 3.46. The highest BCUT2D eigenvalue weighted by molar-refractivity contribution is 9.10. The summed E-state index contributed by atoms with van der Waals surface area (Å²) in [5, 5.41) is 3.28. The van der Waals surface area contributed by atoms with E-state index in [9.17, 15) is 4.39 Å². The number of hydrogen-bond donors (Lipinski definition) is 1. The minimum atomic E-state index is -0.168. The number of nitrogens with one attached hydrogen (secondary N) is 1. The predicted octanol–water partition coefficient (Wildman–Crippen LogP) is 3.77. The highest BCUT2D eigenvalue weighted by Crippen LogP contribution is 2.35. The molecule has 1 saturated carbocycles. The van der Waals surface area contributed by atoms with Gasteiger partial charge in [-0.1, -0.05) is 28.4 Å². The summed E-state index contributed by atoms with van der Waals surface area (Å²) in [7, 11) is 2.02. The van der Waals surface area contributed by atoms with Crippen molar-refractivity contribution in [1.82, 2.24) is 5.32 Å². The summed E-state index contributed by atoms with van der Waals surface area (Å²) in [5.41, 5.74) is 1.24. The third-order valence-corrected chi connectivity index (χ3v) is 4.52. The van der Waals surface area contributed by atoms with Crippen LogP contribution in [0, 0.1) is 17.7 Å². The Morgan fingerprint density at radius 1 is 1.35 bits per heavy atom. The van der Waals surface area contributed by atoms with Crippen LogP contribution in [0.3, 0.4) is 0 Å². The zero-order chi connectivity index (χ0) is 12.3. The van der Waals surface area contributed by atoms with E-state index < -0.39 is 0 Å². The molecule has 2 atom stereocenters. The normalized spacial score (nSPS) is 24.2. The summed E-state index contributed by atoms with van der Waals surface area (Å²) in [6.45, 7) is 1.10. The molecule has 0 aromatic heterocycles. The molecule has 0 amide bonds. The van der Waals surface area contributed by atoms with E-state index in [2.05, 4.69) is 21.2 Å². The number of benzene rings is 1. The van der Waals surface area contributed by atoms with Gasteiger partial charge < -0.3 is 5.32 Å². The lowest BCUT2D eigenvalue weighted by molar-refractivity contribution is 0.374. The van der Waals surface area contributed by atoms with E-state index in [0.29, 0.717) is 0 Å². The van der Waals surface area contributed by atoms with Gasteiger partial charge in [-0.05, 0) is 62.4 Å². The second kappa shape index (κ2) is 5.96. The molecule has 0 aliphatic heterocycles. The second-order valence-corrected chi connectivity index (χ2v) is 5.80. The van der Waals surface area contributed by atoms with Crippen LogP contribution in [0.15, 0.2) is 22.7 Å². The van der Waals surface area contributed by atoms with Crippen LogP contribution < -0.4 is 5.32 Å². The van der Waals surface area contributed by atoms with Crippen LogP contribution in [-0.4, -0.2) is 13.6 Å². The fourth-order valence-corrected chi connectivity index (χ4v) is 3.40. The number of halogens is 2. The molecule has 1 N–H and O–H groups in total. The zero-order valence-corrected chi connectivity index (χ0v) is 11.8. The Morgan fingerprint density at radius 3 is 2.82 bits per heavy atom. The Labute approximate surface area is 111 Å². The van der Waals surface area contributed by atoms with Crippen LogP contribution in [0.4, 0.5) is 4.39 Å². The van der Waals surface area contributed by atoms with E-state index in [-0.39, 0.29) is 5.82 Å². The molecule has 94 valence electrons. The Morgan fingerprint density at radius 2 is 2.12 bits per heavy atom. The van der Waals surface area contributed by atoms with Crippen LogP contribution in [0.1, 0.15) is 24.8 Å². The first-order chi connectivity index (χ1) is 8.20. The largest absolute Gasteiger partial charge is 0.319 e. The third-order valence-electron chi connectivity index (χ3n) is 3.78.